The highest BCUT2D eigenvalue weighted by Crippen LogP contribution is 2.56. The lowest BCUT2D eigenvalue weighted by molar-refractivity contribution is -0.363. The lowest BCUT2D eigenvalue weighted by Gasteiger charge is -2.35. The first kappa shape index (κ1) is 36.4. The average molecular weight is 778 g/mol. The van der Waals surface area contributed by atoms with Crippen LogP contribution in [0.15, 0.2) is 41.1 Å². The highest BCUT2D eigenvalue weighted by atomic mass is 127. The highest BCUT2D eigenvalue weighted by molar-refractivity contribution is 14.1. The van der Waals surface area contributed by atoms with Gasteiger partial charge in [0.2, 0.25) is 0 Å². The number of fused-ring (bicyclic) bond motifs is 2. The van der Waals surface area contributed by atoms with Gasteiger partial charge in [0, 0.05) is 26.1 Å². The third-order valence-electron chi connectivity index (χ3n) is 8.30. The van der Waals surface area contributed by atoms with Crippen LogP contribution in [-0.2, 0) is 39.8 Å². The van der Waals surface area contributed by atoms with Crippen molar-refractivity contribution in [3.05, 3.63) is 72.8 Å². The minimum atomic E-state index is -4.59. The molecule has 0 fully saturated rings. The molecule has 1 aromatic heterocycles. The monoisotopic (exact) mass is 778 g/mol. The molecule has 0 aliphatic carbocycles. The Bertz CT molecular complexity index is 1630. The van der Waals surface area contributed by atoms with Crippen molar-refractivity contribution in [3.63, 3.8) is 0 Å². The molecule has 0 unspecified atom stereocenters. The van der Waals surface area contributed by atoms with E-state index in [4.69, 9.17) is 18.1 Å². The molecule has 0 bridgehead atoms. The number of allylic oxidation sites excluding steroid dienone is 2. The molecule has 2 aliphatic heterocycles. The van der Waals surface area contributed by atoms with Gasteiger partial charge in [-0.25, -0.2) is 0 Å². The van der Waals surface area contributed by atoms with Gasteiger partial charge in [-0.15, -0.1) is 0 Å². The molecule has 2 aromatic rings. The summed E-state index contributed by atoms with van der Waals surface area (Å²) in [4.78, 5) is 0. The van der Waals surface area contributed by atoms with E-state index in [1.165, 1.54) is 0 Å². The fourth-order valence-electron chi connectivity index (χ4n) is 6.75. The summed E-state index contributed by atoms with van der Waals surface area (Å²) in [6.45, 7) is 10.2. The number of aromatic nitrogens is 1. The molecule has 248 valence electrons. The predicted molar refractivity (Wildman–Crippen MR) is 186 cm³/mol. The Morgan fingerprint density at radius 2 is 1.33 bits per heavy atom. The lowest BCUT2D eigenvalue weighted by Crippen LogP contribution is -2.52. The maximum absolute atomic E-state index is 17.6. The second-order valence-corrected chi connectivity index (χ2v) is 16.3. The van der Waals surface area contributed by atoms with Crippen LogP contribution in [0.1, 0.15) is 83.0 Å². The molecule has 45 heavy (non-hydrogen) atoms. The Morgan fingerprint density at radius 1 is 0.822 bits per heavy atom. The number of hydrogen-bond acceptors (Lipinski definition) is 6. The summed E-state index contributed by atoms with van der Waals surface area (Å²) in [7, 11) is -7.55. The maximum Gasteiger partial charge on any atom is 0.737 e. The largest absolute Gasteiger partial charge is 0.737 e. The normalized spacial score (nSPS) is 16.6. The van der Waals surface area contributed by atoms with Gasteiger partial charge in [0.25, 0.3) is 0 Å². The van der Waals surface area contributed by atoms with E-state index >= 15 is 8.63 Å². The molecule has 0 atom stereocenters. The van der Waals surface area contributed by atoms with E-state index in [0.29, 0.717) is 52.1 Å². The number of halogens is 3. The molecule has 4 rings (SSSR count). The summed E-state index contributed by atoms with van der Waals surface area (Å²) in [6, 6.07) is 7.78. The van der Waals surface area contributed by atoms with E-state index in [9.17, 15) is 9.13 Å². The topological polar surface area (TPSA) is 79.0 Å². The van der Waals surface area contributed by atoms with Crippen LogP contribution in [-0.4, -0.2) is 54.2 Å². The molecular formula is C31H44BF2IN2O6P2. The van der Waals surface area contributed by atoms with Crippen LogP contribution in [0.25, 0.3) is 5.57 Å². The van der Waals surface area contributed by atoms with E-state index in [0.717, 1.165) is 18.1 Å². The average Bonchev–Trinajstić information content (AvgIpc) is 3.40. The highest BCUT2D eigenvalue weighted by Gasteiger charge is 2.59. The van der Waals surface area contributed by atoms with Crippen molar-refractivity contribution < 1.29 is 40.3 Å². The molecular weight excluding hydrogens is 734 g/mol. The summed E-state index contributed by atoms with van der Waals surface area (Å²) >= 11 is 2.22. The SMILES string of the molecule is CCOP(=O)(CC1=[N+]2C(=C(c3ccc(I)cc3)c3c(C)c(CC)c(CP(=O)(OCC)OCC)n3[B-]2(F)F)C(C)=C1CC)OCC. The molecule has 2 aliphatic rings. The lowest BCUT2D eigenvalue weighted by atomic mass is 9.83. The summed E-state index contributed by atoms with van der Waals surface area (Å²) in [5.41, 5.74) is 5.38. The van der Waals surface area contributed by atoms with E-state index < -0.39 is 22.2 Å². The van der Waals surface area contributed by atoms with Crippen LogP contribution in [0.4, 0.5) is 8.63 Å². The molecule has 0 N–H and O–H groups in total. The van der Waals surface area contributed by atoms with E-state index in [1.54, 1.807) is 27.7 Å². The fraction of sp³-hybridized carbons (Fsp3) is 0.516. The molecule has 0 radical (unpaired) electrons. The molecule has 1 aromatic carbocycles. The molecule has 0 spiro atoms. The smallest absolute Gasteiger partial charge is 0.392 e. The zero-order valence-electron chi connectivity index (χ0n) is 27.4. The summed E-state index contributed by atoms with van der Waals surface area (Å²) in [5, 5.41) is 0. The van der Waals surface area contributed by atoms with Crippen LogP contribution < -0.4 is 0 Å². The molecule has 0 saturated carbocycles. The third kappa shape index (κ3) is 6.67. The first-order valence-corrected chi connectivity index (χ1v) is 20.2. The van der Waals surface area contributed by atoms with Crippen molar-refractivity contribution >= 4 is 56.0 Å². The zero-order chi connectivity index (χ0) is 33.3. The Balaban J connectivity index is 2.18. The van der Waals surface area contributed by atoms with Crippen molar-refractivity contribution in [2.24, 2.45) is 0 Å². The van der Waals surface area contributed by atoms with Crippen LogP contribution in [0.5, 0.6) is 0 Å². The van der Waals surface area contributed by atoms with Crippen LogP contribution >= 0.6 is 37.8 Å². The molecule has 0 amide bonds. The Kier molecular flexibility index (Phi) is 11.6. The minimum Gasteiger partial charge on any atom is -0.392 e. The van der Waals surface area contributed by atoms with Crippen LogP contribution in [0.3, 0.4) is 0 Å². The maximum atomic E-state index is 17.6. The van der Waals surface area contributed by atoms with Gasteiger partial charge in [-0.05, 0) is 106 Å². The Labute approximate surface area is 279 Å². The van der Waals surface area contributed by atoms with Gasteiger partial charge in [-0.2, -0.15) is 0 Å². The van der Waals surface area contributed by atoms with E-state index in [-0.39, 0.29) is 50.2 Å². The molecule has 3 heterocycles. The van der Waals surface area contributed by atoms with E-state index in [1.807, 2.05) is 52.0 Å². The number of nitrogens with zero attached hydrogens (tertiary/aromatic N) is 2. The first-order valence-electron chi connectivity index (χ1n) is 15.6. The van der Waals surface area contributed by atoms with Gasteiger partial charge in [0.15, 0.2) is 11.4 Å². The van der Waals surface area contributed by atoms with Crippen LogP contribution in [0.2, 0.25) is 0 Å². The van der Waals surface area contributed by atoms with Crippen LogP contribution in [0, 0.1) is 10.5 Å². The van der Waals surface area contributed by atoms with Crippen molar-refractivity contribution in [1.29, 1.82) is 0 Å². The van der Waals surface area contributed by atoms with Crippen molar-refractivity contribution in [2.75, 3.05) is 32.6 Å². The fourth-order valence-corrected chi connectivity index (χ4v) is 10.6. The first-order chi connectivity index (χ1) is 21.3. The predicted octanol–water partition coefficient (Wildman–Crippen LogP) is 9.19. The van der Waals surface area contributed by atoms with Gasteiger partial charge < -0.3 is 35.7 Å². The quantitative estimate of drug-likeness (QED) is 0.102. The third-order valence-corrected chi connectivity index (χ3v) is 13.0. The minimum absolute atomic E-state index is 0.113. The van der Waals surface area contributed by atoms with Gasteiger partial charge in [0.1, 0.15) is 6.16 Å². The second kappa shape index (κ2) is 14.4. The van der Waals surface area contributed by atoms with Crippen molar-refractivity contribution in [2.45, 2.75) is 74.4 Å². The van der Waals surface area contributed by atoms with Gasteiger partial charge in [-0.1, -0.05) is 26.0 Å². The number of benzene rings is 1. The Morgan fingerprint density at radius 3 is 1.80 bits per heavy atom. The van der Waals surface area contributed by atoms with Crippen molar-refractivity contribution in [3.8, 4) is 0 Å². The van der Waals surface area contributed by atoms with Gasteiger partial charge in [0.05, 0.1) is 38.2 Å². The van der Waals surface area contributed by atoms with Gasteiger partial charge in [-0.3, -0.25) is 9.13 Å². The zero-order valence-corrected chi connectivity index (χ0v) is 31.4. The van der Waals surface area contributed by atoms with E-state index in [2.05, 4.69) is 22.6 Å². The summed E-state index contributed by atoms with van der Waals surface area (Å²) in [5.74, 6) is 0. The van der Waals surface area contributed by atoms with Crippen molar-refractivity contribution in [1.82, 2.24) is 4.48 Å². The van der Waals surface area contributed by atoms with Gasteiger partial charge >= 0.3 is 22.2 Å². The molecule has 0 saturated heterocycles. The number of hydrogen-bond donors (Lipinski definition) is 0. The Hall–Kier alpha value is -1.40. The molecule has 8 nitrogen and oxygen atoms in total. The summed E-state index contributed by atoms with van der Waals surface area (Å²) in [6.07, 6.45) is 0.266. The summed E-state index contributed by atoms with van der Waals surface area (Å²) < 4.78 is 88.8. The number of rotatable bonds is 15. The molecule has 14 heteroatoms. The second-order valence-electron chi connectivity index (χ2n) is 10.9. The standard InChI is InChI=1S/C31H44BF2IN2O6P2/c1-9-25-21(7)30-29(23-15-17-24(35)18-16-23)31-22(8)26(10-2)28(20-45(39,42-13-5)43-14-6)37(31)32(33,34)36(30)27(25)19-44(38,40-11-3)41-12-4/h15-18H,9-14,19-20H2,1-8H3.